The summed E-state index contributed by atoms with van der Waals surface area (Å²) in [4.78, 5) is 0. The first-order chi connectivity index (χ1) is 3.60. The van der Waals surface area contributed by atoms with Crippen LogP contribution in [0.25, 0.3) is 0 Å². The van der Waals surface area contributed by atoms with E-state index in [1.807, 2.05) is 13.8 Å². The van der Waals surface area contributed by atoms with Crippen LogP contribution in [0.1, 0.15) is 13.8 Å². The average molecular weight is 116 g/mol. The summed E-state index contributed by atoms with van der Waals surface area (Å²) in [5.41, 5.74) is 5.53. The highest BCUT2D eigenvalue weighted by Gasteiger charge is 2.28. The summed E-state index contributed by atoms with van der Waals surface area (Å²) in [6.07, 6.45) is 0.255. The molecule has 0 bridgehead atoms. The highest BCUT2D eigenvalue weighted by molar-refractivity contribution is 4.75. The summed E-state index contributed by atoms with van der Waals surface area (Å²) in [6.45, 7) is 4.66. The fraction of sp³-hybridized carbons (Fsp3) is 1.00. The molecule has 0 radical (unpaired) electrons. The van der Waals surface area contributed by atoms with E-state index in [4.69, 9.17) is 10.5 Å². The Labute approximate surface area is 49.2 Å². The van der Waals surface area contributed by atoms with Gasteiger partial charge in [0.25, 0.3) is 0 Å². The van der Waals surface area contributed by atoms with E-state index in [0.717, 1.165) is 6.54 Å². The second kappa shape index (κ2) is 1.69. The zero-order valence-corrected chi connectivity index (χ0v) is 5.27. The van der Waals surface area contributed by atoms with Gasteiger partial charge in [-0.15, -0.1) is 0 Å². The van der Waals surface area contributed by atoms with Crippen LogP contribution in [0.4, 0.5) is 0 Å². The Balaban J connectivity index is 2.44. The molecule has 0 aliphatic carbocycles. The molecule has 3 heteroatoms. The molecule has 1 saturated heterocycles. The van der Waals surface area contributed by atoms with Crippen LogP contribution < -0.4 is 11.1 Å². The summed E-state index contributed by atoms with van der Waals surface area (Å²) < 4.78 is 5.22. The van der Waals surface area contributed by atoms with E-state index >= 15 is 0 Å². The standard InChI is InChI=1S/C5H12N2O/c1-4-3-7-5(2,6)8-4/h4,7H,3,6H2,1-2H3/t4-,5-/m0/s1. The Bertz CT molecular complexity index is 92.4. The number of hydrogen-bond donors (Lipinski definition) is 2. The molecule has 3 N–H and O–H groups in total. The molecule has 0 aromatic heterocycles. The fourth-order valence-corrected chi connectivity index (χ4v) is 0.848. The molecule has 0 unspecified atom stereocenters. The first-order valence-electron chi connectivity index (χ1n) is 2.82. The van der Waals surface area contributed by atoms with E-state index in [-0.39, 0.29) is 6.10 Å². The van der Waals surface area contributed by atoms with Crippen LogP contribution in [-0.2, 0) is 4.74 Å². The van der Waals surface area contributed by atoms with Gasteiger partial charge in [0.1, 0.15) is 0 Å². The van der Waals surface area contributed by atoms with E-state index in [1.165, 1.54) is 0 Å². The maximum absolute atomic E-state index is 5.53. The van der Waals surface area contributed by atoms with Crippen molar-refractivity contribution in [3.05, 3.63) is 0 Å². The Morgan fingerprint density at radius 1 is 1.88 bits per heavy atom. The largest absolute Gasteiger partial charge is 0.343 e. The molecule has 1 aliphatic rings. The zero-order chi connectivity index (χ0) is 6.20. The molecule has 0 amide bonds. The molecule has 0 aromatic carbocycles. The minimum atomic E-state index is -0.584. The summed E-state index contributed by atoms with van der Waals surface area (Å²) in [5.74, 6) is -0.584. The first-order valence-corrected chi connectivity index (χ1v) is 2.82. The number of ether oxygens (including phenoxy) is 1. The van der Waals surface area contributed by atoms with Crippen LogP contribution in [0.2, 0.25) is 0 Å². The molecule has 8 heavy (non-hydrogen) atoms. The highest BCUT2D eigenvalue weighted by Crippen LogP contribution is 2.08. The van der Waals surface area contributed by atoms with Gasteiger partial charge in [0.15, 0.2) is 5.85 Å². The summed E-state index contributed by atoms with van der Waals surface area (Å²) in [5, 5.41) is 3.00. The quantitative estimate of drug-likeness (QED) is 0.454. The second-order valence-corrected chi connectivity index (χ2v) is 2.42. The molecule has 3 nitrogen and oxygen atoms in total. The van der Waals surface area contributed by atoms with Crippen molar-refractivity contribution in [2.75, 3.05) is 6.54 Å². The van der Waals surface area contributed by atoms with Crippen LogP contribution >= 0.6 is 0 Å². The normalized spacial score (nSPS) is 47.6. The smallest absolute Gasteiger partial charge is 0.169 e. The molecular weight excluding hydrogens is 104 g/mol. The Hall–Kier alpha value is -0.120. The van der Waals surface area contributed by atoms with Gasteiger partial charge in [-0.25, -0.2) is 0 Å². The molecule has 0 spiro atoms. The molecular formula is C5H12N2O. The summed E-state index contributed by atoms with van der Waals surface area (Å²) in [6, 6.07) is 0. The van der Waals surface area contributed by atoms with Gasteiger partial charge in [-0.1, -0.05) is 0 Å². The Morgan fingerprint density at radius 3 is 2.62 bits per heavy atom. The molecule has 0 aromatic rings. The fourth-order valence-electron chi connectivity index (χ4n) is 0.848. The van der Waals surface area contributed by atoms with Crippen molar-refractivity contribution in [3.8, 4) is 0 Å². The Morgan fingerprint density at radius 2 is 2.50 bits per heavy atom. The van der Waals surface area contributed by atoms with Crippen LogP contribution in [-0.4, -0.2) is 18.5 Å². The number of nitrogens with one attached hydrogen (secondary N) is 1. The van der Waals surface area contributed by atoms with Crippen LogP contribution in [0.3, 0.4) is 0 Å². The van der Waals surface area contributed by atoms with E-state index in [9.17, 15) is 0 Å². The van der Waals surface area contributed by atoms with E-state index in [2.05, 4.69) is 5.32 Å². The first kappa shape index (κ1) is 6.01. The predicted octanol–water partition coefficient (Wildman–Crippen LogP) is -0.373. The lowest BCUT2D eigenvalue weighted by atomic mass is 10.4. The third-order valence-electron chi connectivity index (χ3n) is 1.19. The second-order valence-electron chi connectivity index (χ2n) is 2.42. The van der Waals surface area contributed by atoms with Crippen molar-refractivity contribution >= 4 is 0 Å². The SMILES string of the molecule is C[C@H]1CN[C@](C)(N)O1. The number of rotatable bonds is 0. The maximum Gasteiger partial charge on any atom is 0.169 e. The molecule has 1 heterocycles. The topological polar surface area (TPSA) is 47.3 Å². The number of hydrogen-bond acceptors (Lipinski definition) is 3. The van der Waals surface area contributed by atoms with Gasteiger partial charge in [0, 0.05) is 6.54 Å². The van der Waals surface area contributed by atoms with Gasteiger partial charge in [-0.2, -0.15) is 0 Å². The van der Waals surface area contributed by atoms with Crippen molar-refractivity contribution in [2.24, 2.45) is 5.73 Å². The van der Waals surface area contributed by atoms with Crippen molar-refractivity contribution in [1.82, 2.24) is 5.32 Å². The van der Waals surface area contributed by atoms with Crippen molar-refractivity contribution in [3.63, 3.8) is 0 Å². The molecule has 1 rings (SSSR count). The van der Waals surface area contributed by atoms with Gasteiger partial charge in [-0.05, 0) is 13.8 Å². The molecule has 1 aliphatic heterocycles. The van der Waals surface area contributed by atoms with Crippen LogP contribution in [0.15, 0.2) is 0 Å². The Kier molecular flexibility index (Phi) is 1.27. The lowest BCUT2D eigenvalue weighted by Crippen LogP contribution is -2.46. The third kappa shape index (κ3) is 1.18. The van der Waals surface area contributed by atoms with Crippen molar-refractivity contribution in [2.45, 2.75) is 25.8 Å². The van der Waals surface area contributed by atoms with Gasteiger partial charge in [0.05, 0.1) is 6.10 Å². The van der Waals surface area contributed by atoms with Crippen LogP contribution in [0.5, 0.6) is 0 Å². The molecule has 0 saturated carbocycles. The lowest BCUT2D eigenvalue weighted by Gasteiger charge is -2.16. The van der Waals surface area contributed by atoms with Gasteiger partial charge in [0.2, 0.25) is 0 Å². The number of nitrogens with two attached hydrogens (primary N) is 1. The third-order valence-corrected chi connectivity index (χ3v) is 1.19. The van der Waals surface area contributed by atoms with E-state index < -0.39 is 5.85 Å². The highest BCUT2D eigenvalue weighted by atomic mass is 16.5. The molecule has 1 fully saturated rings. The molecule has 48 valence electrons. The minimum absolute atomic E-state index is 0.255. The monoisotopic (exact) mass is 116 g/mol. The summed E-state index contributed by atoms with van der Waals surface area (Å²) >= 11 is 0. The maximum atomic E-state index is 5.53. The van der Waals surface area contributed by atoms with E-state index in [1.54, 1.807) is 0 Å². The predicted molar refractivity (Wildman–Crippen MR) is 31.1 cm³/mol. The molecule has 2 atom stereocenters. The minimum Gasteiger partial charge on any atom is -0.343 e. The van der Waals surface area contributed by atoms with Crippen molar-refractivity contribution in [1.29, 1.82) is 0 Å². The van der Waals surface area contributed by atoms with Gasteiger partial charge >= 0.3 is 0 Å². The van der Waals surface area contributed by atoms with Gasteiger partial charge < -0.3 is 4.74 Å². The summed E-state index contributed by atoms with van der Waals surface area (Å²) in [7, 11) is 0. The lowest BCUT2D eigenvalue weighted by molar-refractivity contribution is -0.0248. The average Bonchev–Trinajstić information content (AvgIpc) is 1.82. The van der Waals surface area contributed by atoms with Crippen LogP contribution in [0, 0.1) is 0 Å². The zero-order valence-electron chi connectivity index (χ0n) is 5.27. The van der Waals surface area contributed by atoms with E-state index in [0.29, 0.717) is 0 Å². The van der Waals surface area contributed by atoms with Crippen molar-refractivity contribution < 1.29 is 4.74 Å². The van der Waals surface area contributed by atoms with Gasteiger partial charge in [-0.3, -0.25) is 11.1 Å².